The summed E-state index contributed by atoms with van der Waals surface area (Å²) < 4.78 is 7.27. The van der Waals surface area contributed by atoms with Crippen molar-refractivity contribution >= 4 is 11.3 Å². The number of fused-ring (bicyclic) bond motifs is 2. The van der Waals surface area contributed by atoms with E-state index in [9.17, 15) is 4.79 Å². The summed E-state index contributed by atoms with van der Waals surface area (Å²) in [5, 5.41) is 0. The standard InChI is InChI=1S/C18H18N4O2/c1-12-6-7-15-18(19-12)24-9-8-21(15)11-14-10-17(23)22-13(2)4-3-5-16(22)20-14/h3-7,10H,8-9,11H2,1-2H3. The van der Waals surface area contributed by atoms with Crippen molar-refractivity contribution in [2.75, 3.05) is 18.1 Å². The van der Waals surface area contributed by atoms with Gasteiger partial charge in [-0.1, -0.05) is 6.07 Å². The average molecular weight is 322 g/mol. The van der Waals surface area contributed by atoms with Gasteiger partial charge in [0, 0.05) is 17.5 Å². The van der Waals surface area contributed by atoms with Crippen molar-refractivity contribution in [1.29, 1.82) is 0 Å². The van der Waals surface area contributed by atoms with Crippen LogP contribution in [0.25, 0.3) is 5.65 Å². The molecule has 3 aromatic heterocycles. The Labute approximate surface area is 139 Å². The number of hydrogen-bond donors (Lipinski definition) is 0. The normalized spacial score (nSPS) is 13.7. The number of aryl methyl sites for hydroxylation is 2. The molecule has 4 rings (SSSR count). The quantitative estimate of drug-likeness (QED) is 0.723. The third-order valence-corrected chi connectivity index (χ3v) is 4.21. The zero-order valence-corrected chi connectivity index (χ0v) is 13.7. The lowest BCUT2D eigenvalue weighted by Crippen LogP contribution is -2.33. The van der Waals surface area contributed by atoms with E-state index < -0.39 is 0 Å². The molecule has 0 aromatic carbocycles. The molecule has 3 aromatic rings. The van der Waals surface area contributed by atoms with Crippen LogP contribution >= 0.6 is 0 Å². The molecule has 0 unspecified atom stereocenters. The van der Waals surface area contributed by atoms with E-state index >= 15 is 0 Å². The first-order valence-electron chi connectivity index (χ1n) is 7.95. The van der Waals surface area contributed by atoms with E-state index in [0.717, 1.165) is 29.3 Å². The molecule has 1 aliphatic heterocycles. The Morgan fingerprint density at radius 1 is 1.17 bits per heavy atom. The molecule has 0 saturated heterocycles. The summed E-state index contributed by atoms with van der Waals surface area (Å²) in [6.07, 6.45) is 0. The highest BCUT2D eigenvalue weighted by Crippen LogP contribution is 2.30. The highest BCUT2D eigenvalue weighted by molar-refractivity contribution is 5.57. The second kappa shape index (κ2) is 5.63. The summed E-state index contributed by atoms with van der Waals surface area (Å²) in [4.78, 5) is 23.6. The molecule has 0 spiro atoms. The average Bonchev–Trinajstić information content (AvgIpc) is 2.54. The number of ether oxygens (including phenoxy) is 1. The molecule has 24 heavy (non-hydrogen) atoms. The minimum absolute atomic E-state index is 0.0522. The molecule has 0 atom stereocenters. The molecule has 0 bridgehead atoms. The van der Waals surface area contributed by atoms with Gasteiger partial charge >= 0.3 is 0 Å². The first-order valence-corrected chi connectivity index (χ1v) is 7.95. The molecule has 0 saturated carbocycles. The number of aromatic nitrogens is 3. The Hall–Kier alpha value is -2.89. The molecular formula is C18H18N4O2. The predicted octanol–water partition coefficient (Wildman–Crippen LogP) is 2.11. The highest BCUT2D eigenvalue weighted by Gasteiger charge is 2.20. The topological polar surface area (TPSA) is 59.7 Å². The van der Waals surface area contributed by atoms with Crippen LogP contribution in [-0.2, 0) is 6.54 Å². The molecule has 0 amide bonds. The van der Waals surface area contributed by atoms with Crippen LogP contribution in [0.3, 0.4) is 0 Å². The summed E-state index contributed by atoms with van der Waals surface area (Å²) in [5.41, 5.74) is 4.12. The van der Waals surface area contributed by atoms with Gasteiger partial charge in [-0.15, -0.1) is 0 Å². The van der Waals surface area contributed by atoms with Gasteiger partial charge in [-0.2, -0.15) is 0 Å². The van der Waals surface area contributed by atoms with Gasteiger partial charge < -0.3 is 9.64 Å². The number of anilines is 1. The lowest BCUT2D eigenvalue weighted by atomic mass is 10.2. The molecule has 1 aliphatic rings. The van der Waals surface area contributed by atoms with Gasteiger partial charge in [0.05, 0.1) is 18.8 Å². The molecule has 0 aliphatic carbocycles. The van der Waals surface area contributed by atoms with Crippen molar-refractivity contribution < 1.29 is 4.74 Å². The molecular weight excluding hydrogens is 304 g/mol. The number of pyridine rings is 2. The molecule has 6 heteroatoms. The van der Waals surface area contributed by atoms with Gasteiger partial charge in [0.25, 0.3) is 5.56 Å². The molecule has 4 heterocycles. The van der Waals surface area contributed by atoms with E-state index in [-0.39, 0.29) is 5.56 Å². The fourth-order valence-corrected chi connectivity index (χ4v) is 3.05. The molecule has 6 nitrogen and oxygen atoms in total. The van der Waals surface area contributed by atoms with E-state index in [1.165, 1.54) is 0 Å². The summed E-state index contributed by atoms with van der Waals surface area (Å²) in [6.45, 7) is 5.72. The maximum Gasteiger partial charge on any atom is 0.258 e. The molecule has 0 N–H and O–H groups in total. The van der Waals surface area contributed by atoms with E-state index in [0.29, 0.717) is 24.7 Å². The zero-order valence-electron chi connectivity index (χ0n) is 13.7. The molecule has 122 valence electrons. The minimum Gasteiger partial charge on any atom is -0.474 e. The smallest absolute Gasteiger partial charge is 0.258 e. The molecule has 0 radical (unpaired) electrons. The highest BCUT2D eigenvalue weighted by atomic mass is 16.5. The Bertz CT molecular complexity index is 980. The van der Waals surface area contributed by atoms with Crippen LogP contribution in [0, 0.1) is 13.8 Å². The summed E-state index contributed by atoms with van der Waals surface area (Å²) >= 11 is 0. The van der Waals surface area contributed by atoms with Crippen LogP contribution in [0.4, 0.5) is 5.69 Å². The third kappa shape index (κ3) is 2.50. The second-order valence-electron chi connectivity index (χ2n) is 5.99. The summed E-state index contributed by atoms with van der Waals surface area (Å²) in [6, 6.07) is 11.3. The maximum atomic E-state index is 12.4. The monoisotopic (exact) mass is 322 g/mol. The van der Waals surface area contributed by atoms with Crippen molar-refractivity contribution in [3.05, 3.63) is 63.8 Å². The van der Waals surface area contributed by atoms with Gasteiger partial charge in [-0.25, -0.2) is 9.97 Å². The zero-order chi connectivity index (χ0) is 16.7. The van der Waals surface area contributed by atoms with E-state index in [1.807, 2.05) is 44.2 Å². The fraction of sp³-hybridized carbons (Fsp3) is 0.278. The number of rotatable bonds is 2. The van der Waals surface area contributed by atoms with E-state index in [2.05, 4.69) is 14.9 Å². The van der Waals surface area contributed by atoms with Gasteiger partial charge in [-0.05, 0) is 38.1 Å². The number of hydrogen-bond acceptors (Lipinski definition) is 5. The third-order valence-electron chi connectivity index (χ3n) is 4.21. The first-order chi connectivity index (χ1) is 11.6. The van der Waals surface area contributed by atoms with Crippen LogP contribution in [0.5, 0.6) is 5.88 Å². The predicted molar refractivity (Wildman–Crippen MR) is 91.7 cm³/mol. The van der Waals surface area contributed by atoms with Crippen LogP contribution in [0.1, 0.15) is 17.1 Å². The Morgan fingerprint density at radius 3 is 2.92 bits per heavy atom. The van der Waals surface area contributed by atoms with Crippen molar-refractivity contribution in [1.82, 2.24) is 14.4 Å². The SMILES string of the molecule is Cc1ccc2c(n1)OCCN2Cc1cc(=O)n2c(C)cccc2n1. The summed E-state index contributed by atoms with van der Waals surface area (Å²) in [7, 11) is 0. The van der Waals surface area contributed by atoms with Gasteiger partial charge in [0.15, 0.2) is 0 Å². The van der Waals surface area contributed by atoms with Crippen LogP contribution in [0.2, 0.25) is 0 Å². The van der Waals surface area contributed by atoms with E-state index in [1.54, 1.807) is 10.5 Å². The Morgan fingerprint density at radius 2 is 2.04 bits per heavy atom. The van der Waals surface area contributed by atoms with Gasteiger partial charge in [0.1, 0.15) is 17.9 Å². The minimum atomic E-state index is -0.0522. The first kappa shape index (κ1) is 14.7. The van der Waals surface area contributed by atoms with Crippen molar-refractivity contribution in [3.8, 4) is 5.88 Å². The van der Waals surface area contributed by atoms with Crippen LogP contribution in [0.15, 0.2) is 41.2 Å². The van der Waals surface area contributed by atoms with Crippen LogP contribution in [-0.4, -0.2) is 27.5 Å². The van der Waals surface area contributed by atoms with Gasteiger partial charge in [0.2, 0.25) is 5.88 Å². The summed E-state index contributed by atoms with van der Waals surface area (Å²) in [5.74, 6) is 0.648. The van der Waals surface area contributed by atoms with Crippen LogP contribution < -0.4 is 15.2 Å². The maximum absolute atomic E-state index is 12.4. The van der Waals surface area contributed by atoms with Crippen molar-refractivity contribution in [2.24, 2.45) is 0 Å². The largest absolute Gasteiger partial charge is 0.474 e. The van der Waals surface area contributed by atoms with Gasteiger partial charge in [-0.3, -0.25) is 9.20 Å². The number of nitrogens with zero attached hydrogens (tertiary/aromatic N) is 4. The Kier molecular flexibility index (Phi) is 3.45. The van der Waals surface area contributed by atoms with Crippen molar-refractivity contribution in [2.45, 2.75) is 20.4 Å². The Balaban J connectivity index is 1.72. The fourth-order valence-electron chi connectivity index (χ4n) is 3.05. The lowest BCUT2D eigenvalue weighted by molar-refractivity contribution is 0.294. The van der Waals surface area contributed by atoms with E-state index in [4.69, 9.17) is 4.74 Å². The second-order valence-corrected chi connectivity index (χ2v) is 5.99. The van der Waals surface area contributed by atoms with Crippen molar-refractivity contribution in [3.63, 3.8) is 0 Å². The lowest BCUT2D eigenvalue weighted by Gasteiger charge is -2.30. The molecule has 0 fully saturated rings.